The van der Waals surface area contributed by atoms with Crippen LogP contribution in [0, 0.1) is 0 Å². The highest BCUT2D eigenvalue weighted by molar-refractivity contribution is 7.15. The predicted molar refractivity (Wildman–Crippen MR) is 66.6 cm³/mol. The summed E-state index contributed by atoms with van der Waals surface area (Å²) in [6.07, 6.45) is -4.45. The molecule has 2 rings (SSSR count). The molecule has 0 unspecified atom stereocenters. The van der Waals surface area contributed by atoms with Gasteiger partial charge in [-0.3, -0.25) is 0 Å². The molecule has 0 aliphatic carbocycles. The van der Waals surface area contributed by atoms with Gasteiger partial charge >= 0.3 is 6.18 Å². The fourth-order valence-corrected chi connectivity index (χ4v) is 2.06. The van der Waals surface area contributed by atoms with Gasteiger partial charge in [0.1, 0.15) is 0 Å². The Morgan fingerprint density at radius 2 is 1.95 bits per heavy atom. The van der Waals surface area contributed by atoms with Crippen molar-refractivity contribution >= 4 is 16.5 Å². The second-order valence-corrected chi connectivity index (χ2v) is 4.77. The summed E-state index contributed by atoms with van der Waals surface area (Å²) in [6, 6.07) is 7.48. The number of aromatic nitrogens is 2. The summed E-state index contributed by atoms with van der Waals surface area (Å²) in [5.41, 5.74) is 7.40. The number of hydrogen-bond donors (Lipinski definition) is 2. The van der Waals surface area contributed by atoms with Crippen molar-refractivity contribution in [2.75, 3.05) is 5.32 Å². The second kappa shape index (κ2) is 5.54. The third-order valence-electron chi connectivity index (χ3n) is 2.34. The van der Waals surface area contributed by atoms with E-state index in [0.29, 0.717) is 24.4 Å². The van der Waals surface area contributed by atoms with Crippen LogP contribution in [0.1, 0.15) is 16.1 Å². The first-order chi connectivity index (χ1) is 8.99. The highest BCUT2D eigenvalue weighted by atomic mass is 32.1. The van der Waals surface area contributed by atoms with Crippen LogP contribution in [0.3, 0.4) is 0 Å². The van der Waals surface area contributed by atoms with Gasteiger partial charge in [0, 0.05) is 13.1 Å². The van der Waals surface area contributed by atoms with Gasteiger partial charge in [0.15, 0.2) is 0 Å². The van der Waals surface area contributed by atoms with E-state index in [9.17, 15) is 13.2 Å². The Bertz CT molecular complexity index is 553. The van der Waals surface area contributed by atoms with Gasteiger partial charge < -0.3 is 11.1 Å². The van der Waals surface area contributed by atoms with Crippen molar-refractivity contribution < 1.29 is 13.2 Å². The quantitative estimate of drug-likeness (QED) is 0.907. The van der Waals surface area contributed by atoms with Crippen LogP contribution in [-0.2, 0) is 19.3 Å². The number of alkyl halides is 3. The summed E-state index contributed by atoms with van der Waals surface area (Å²) in [7, 11) is 0. The lowest BCUT2D eigenvalue weighted by Crippen LogP contribution is -2.03. The zero-order valence-electron chi connectivity index (χ0n) is 9.74. The summed E-state index contributed by atoms with van der Waals surface area (Å²) in [6.45, 7) is 0.797. The molecule has 0 fully saturated rings. The Morgan fingerprint density at radius 3 is 2.58 bits per heavy atom. The van der Waals surface area contributed by atoms with Crippen molar-refractivity contribution in [1.82, 2.24) is 10.2 Å². The van der Waals surface area contributed by atoms with Crippen LogP contribution in [0.5, 0.6) is 0 Å². The predicted octanol–water partition coefficient (Wildman–Crippen LogP) is 2.63. The largest absolute Gasteiger partial charge is 0.445 e. The van der Waals surface area contributed by atoms with E-state index in [1.165, 1.54) is 0 Å². The fraction of sp³-hybridized carbons (Fsp3) is 0.273. The maximum atomic E-state index is 12.3. The molecule has 0 bridgehead atoms. The molecular weight excluding hydrogens is 277 g/mol. The Labute approximate surface area is 111 Å². The molecular formula is C11H11F3N4S. The summed E-state index contributed by atoms with van der Waals surface area (Å²) < 4.78 is 37.0. The number of nitrogens with two attached hydrogens (primary N) is 1. The van der Waals surface area contributed by atoms with Gasteiger partial charge in [0.25, 0.3) is 0 Å². The summed E-state index contributed by atoms with van der Waals surface area (Å²) in [4.78, 5) is 0. The molecule has 3 N–H and O–H groups in total. The fourth-order valence-electron chi connectivity index (χ4n) is 1.45. The minimum atomic E-state index is -4.45. The van der Waals surface area contributed by atoms with Gasteiger partial charge in [-0.05, 0) is 11.1 Å². The number of nitrogens with zero attached hydrogens (tertiary/aromatic N) is 2. The molecule has 2 aromatic rings. The molecule has 4 nitrogen and oxygen atoms in total. The smallest absolute Gasteiger partial charge is 0.356 e. The number of halogens is 3. The van der Waals surface area contributed by atoms with E-state index in [4.69, 9.17) is 5.73 Å². The Balaban J connectivity index is 2.00. The van der Waals surface area contributed by atoms with Crippen LogP contribution in [0.2, 0.25) is 0 Å². The van der Waals surface area contributed by atoms with E-state index < -0.39 is 11.2 Å². The molecule has 0 radical (unpaired) electrons. The van der Waals surface area contributed by atoms with Crippen molar-refractivity contribution in [3.8, 4) is 0 Å². The molecule has 1 aromatic carbocycles. The maximum absolute atomic E-state index is 12.3. The minimum Gasteiger partial charge on any atom is -0.356 e. The van der Waals surface area contributed by atoms with Gasteiger partial charge in [-0.25, -0.2) is 0 Å². The Kier molecular flexibility index (Phi) is 4.01. The SMILES string of the molecule is NCc1cccc(CNc2nnc(C(F)(F)F)s2)c1. The van der Waals surface area contributed by atoms with Crippen molar-refractivity contribution in [3.63, 3.8) is 0 Å². The van der Waals surface area contributed by atoms with Gasteiger partial charge in [-0.15, -0.1) is 10.2 Å². The minimum absolute atomic E-state index is 0.144. The molecule has 0 saturated carbocycles. The van der Waals surface area contributed by atoms with Crippen molar-refractivity contribution in [1.29, 1.82) is 0 Å². The first-order valence-corrected chi connectivity index (χ1v) is 6.23. The van der Waals surface area contributed by atoms with Gasteiger partial charge in [0.05, 0.1) is 0 Å². The van der Waals surface area contributed by atoms with Gasteiger partial charge in [0.2, 0.25) is 10.1 Å². The summed E-state index contributed by atoms with van der Waals surface area (Å²) in [5, 5.41) is 8.55. The van der Waals surface area contributed by atoms with E-state index in [1.54, 1.807) is 0 Å². The zero-order chi connectivity index (χ0) is 13.9. The van der Waals surface area contributed by atoms with Crippen LogP contribution in [0.25, 0.3) is 0 Å². The molecule has 19 heavy (non-hydrogen) atoms. The van der Waals surface area contributed by atoms with Crippen molar-refractivity contribution in [2.45, 2.75) is 19.3 Å². The Hall–Kier alpha value is -1.67. The van der Waals surface area contributed by atoms with Crippen molar-refractivity contribution in [3.05, 3.63) is 40.4 Å². The molecule has 1 heterocycles. The monoisotopic (exact) mass is 288 g/mol. The molecule has 0 amide bonds. The molecule has 8 heteroatoms. The van der Waals surface area contributed by atoms with E-state index in [-0.39, 0.29) is 5.13 Å². The number of hydrogen-bond acceptors (Lipinski definition) is 5. The summed E-state index contributed by atoms with van der Waals surface area (Å²) in [5.74, 6) is 0. The lowest BCUT2D eigenvalue weighted by atomic mass is 10.1. The van der Waals surface area contributed by atoms with E-state index in [0.717, 1.165) is 11.1 Å². The van der Waals surface area contributed by atoms with E-state index in [1.807, 2.05) is 24.3 Å². The third kappa shape index (κ3) is 3.65. The average Bonchev–Trinajstić information content (AvgIpc) is 2.85. The van der Waals surface area contributed by atoms with Crippen LogP contribution >= 0.6 is 11.3 Å². The standard InChI is InChI=1S/C11H11F3N4S/c12-11(13,14)9-17-18-10(19-9)16-6-8-3-1-2-7(4-8)5-15/h1-4H,5-6,15H2,(H,16,18). The highest BCUT2D eigenvalue weighted by Crippen LogP contribution is 2.33. The number of nitrogens with one attached hydrogen (secondary N) is 1. The lowest BCUT2D eigenvalue weighted by Gasteiger charge is -2.04. The molecule has 1 aromatic heterocycles. The first kappa shape index (κ1) is 13.8. The van der Waals surface area contributed by atoms with Crippen LogP contribution in [0.15, 0.2) is 24.3 Å². The third-order valence-corrected chi connectivity index (χ3v) is 3.26. The lowest BCUT2D eigenvalue weighted by molar-refractivity contribution is -0.138. The second-order valence-electron chi connectivity index (χ2n) is 3.79. The van der Waals surface area contributed by atoms with Crippen LogP contribution < -0.4 is 11.1 Å². The molecule has 0 saturated heterocycles. The van der Waals surface area contributed by atoms with Crippen molar-refractivity contribution in [2.24, 2.45) is 5.73 Å². The number of anilines is 1. The molecule has 102 valence electrons. The highest BCUT2D eigenvalue weighted by Gasteiger charge is 2.35. The van der Waals surface area contributed by atoms with E-state index >= 15 is 0 Å². The number of benzene rings is 1. The van der Waals surface area contributed by atoms with Crippen LogP contribution in [0.4, 0.5) is 18.3 Å². The summed E-state index contributed by atoms with van der Waals surface area (Å²) >= 11 is 0.486. The molecule has 0 aliphatic rings. The molecule has 0 atom stereocenters. The van der Waals surface area contributed by atoms with Crippen LogP contribution in [-0.4, -0.2) is 10.2 Å². The first-order valence-electron chi connectivity index (χ1n) is 5.41. The maximum Gasteiger partial charge on any atom is 0.445 e. The van der Waals surface area contributed by atoms with E-state index in [2.05, 4.69) is 15.5 Å². The molecule has 0 spiro atoms. The topological polar surface area (TPSA) is 63.8 Å². The van der Waals surface area contributed by atoms with Gasteiger partial charge in [-0.2, -0.15) is 13.2 Å². The average molecular weight is 288 g/mol. The normalized spacial score (nSPS) is 11.6. The van der Waals surface area contributed by atoms with Gasteiger partial charge in [-0.1, -0.05) is 35.6 Å². The zero-order valence-corrected chi connectivity index (χ0v) is 10.6. The Morgan fingerprint density at radius 1 is 1.21 bits per heavy atom. The number of rotatable bonds is 4. The molecule has 0 aliphatic heterocycles.